The van der Waals surface area contributed by atoms with Gasteiger partial charge in [-0.2, -0.15) is 0 Å². The molecule has 1 rings (SSSR count). The fourth-order valence-corrected chi connectivity index (χ4v) is 1.17. The molecule has 1 amide bonds. The molecule has 0 fully saturated rings. The Kier molecular flexibility index (Phi) is 4.63. The molecule has 1 heterocycles. The van der Waals surface area contributed by atoms with Gasteiger partial charge < -0.3 is 10.1 Å². The lowest BCUT2D eigenvalue weighted by Gasteiger charge is -2.10. The maximum Gasteiger partial charge on any atom is 0.339 e. The average Bonchev–Trinajstić information content (AvgIpc) is 2.37. The highest BCUT2D eigenvalue weighted by Gasteiger charge is 2.11. The van der Waals surface area contributed by atoms with E-state index in [4.69, 9.17) is 0 Å². The van der Waals surface area contributed by atoms with Gasteiger partial charge in [0.25, 0.3) is 5.91 Å². The van der Waals surface area contributed by atoms with Crippen molar-refractivity contribution in [3.63, 3.8) is 0 Å². The zero-order valence-electron chi connectivity index (χ0n) is 10.2. The third-order valence-corrected chi connectivity index (χ3v) is 2.41. The zero-order chi connectivity index (χ0) is 12.8. The van der Waals surface area contributed by atoms with Gasteiger partial charge >= 0.3 is 5.97 Å². The summed E-state index contributed by atoms with van der Waals surface area (Å²) in [4.78, 5) is 26.8. The summed E-state index contributed by atoms with van der Waals surface area (Å²) in [5.74, 6) is -0.706. The number of nitrogens with one attached hydrogen (secondary N) is 1. The molecular weight excluding hydrogens is 220 g/mol. The predicted molar refractivity (Wildman–Crippen MR) is 62.8 cm³/mol. The van der Waals surface area contributed by atoms with Gasteiger partial charge in [-0.25, -0.2) is 4.79 Å². The Labute approximate surface area is 100 Å². The van der Waals surface area contributed by atoms with Crippen LogP contribution in [0.2, 0.25) is 0 Å². The van der Waals surface area contributed by atoms with E-state index in [9.17, 15) is 9.59 Å². The van der Waals surface area contributed by atoms with E-state index >= 15 is 0 Å². The lowest BCUT2D eigenvalue weighted by atomic mass is 10.2. The Hall–Kier alpha value is -1.91. The number of nitrogens with zero attached hydrogens (tertiary/aromatic N) is 1. The molecule has 92 valence electrons. The molecular formula is C12H16N2O3. The maximum absolute atomic E-state index is 11.7. The van der Waals surface area contributed by atoms with Crippen LogP contribution in [0.4, 0.5) is 0 Å². The molecule has 0 aliphatic rings. The standard InChI is InChI=1S/C12H16N2O3/c1-4-8(2)14-11(15)10-6-5-9(7-13-10)12(16)17-3/h5-8H,4H2,1-3H3,(H,14,15). The number of hydrogen-bond donors (Lipinski definition) is 1. The molecule has 0 saturated heterocycles. The number of carbonyl (C=O) groups is 2. The van der Waals surface area contributed by atoms with Crippen LogP contribution >= 0.6 is 0 Å². The molecule has 0 bridgehead atoms. The van der Waals surface area contributed by atoms with Gasteiger partial charge in [-0.3, -0.25) is 9.78 Å². The minimum atomic E-state index is -0.466. The number of carbonyl (C=O) groups excluding carboxylic acids is 2. The van der Waals surface area contributed by atoms with Gasteiger partial charge in [0.1, 0.15) is 5.69 Å². The number of ether oxygens (including phenoxy) is 1. The summed E-state index contributed by atoms with van der Waals surface area (Å²) in [5.41, 5.74) is 0.616. The van der Waals surface area contributed by atoms with E-state index in [2.05, 4.69) is 15.0 Å². The number of amides is 1. The molecule has 5 heteroatoms. The minimum absolute atomic E-state index is 0.101. The van der Waals surface area contributed by atoms with Gasteiger partial charge in [0.2, 0.25) is 0 Å². The van der Waals surface area contributed by atoms with Crippen LogP contribution in [0, 0.1) is 0 Å². The smallest absolute Gasteiger partial charge is 0.339 e. The highest BCUT2D eigenvalue weighted by molar-refractivity contribution is 5.94. The summed E-state index contributed by atoms with van der Waals surface area (Å²) in [6, 6.07) is 3.12. The molecule has 1 aromatic heterocycles. The predicted octanol–water partition coefficient (Wildman–Crippen LogP) is 1.40. The minimum Gasteiger partial charge on any atom is -0.465 e. The molecule has 5 nitrogen and oxygen atoms in total. The fraction of sp³-hybridized carbons (Fsp3) is 0.417. The summed E-state index contributed by atoms with van der Waals surface area (Å²) >= 11 is 0. The summed E-state index contributed by atoms with van der Waals surface area (Å²) in [6.07, 6.45) is 2.18. The van der Waals surface area contributed by atoms with Gasteiger partial charge in [0.15, 0.2) is 0 Å². The molecule has 1 N–H and O–H groups in total. The van der Waals surface area contributed by atoms with Gasteiger partial charge in [-0.1, -0.05) is 6.92 Å². The zero-order valence-corrected chi connectivity index (χ0v) is 10.2. The fourth-order valence-electron chi connectivity index (χ4n) is 1.17. The van der Waals surface area contributed by atoms with E-state index in [-0.39, 0.29) is 17.6 Å². The Morgan fingerprint density at radius 3 is 2.65 bits per heavy atom. The van der Waals surface area contributed by atoms with Crippen molar-refractivity contribution in [2.24, 2.45) is 0 Å². The molecule has 1 unspecified atom stereocenters. The van der Waals surface area contributed by atoms with Crippen molar-refractivity contribution >= 4 is 11.9 Å². The van der Waals surface area contributed by atoms with Crippen LogP contribution in [0.1, 0.15) is 41.1 Å². The van der Waals surface area contributed by atoms with Crippen LogP contribution < -0.4 is 5.32 Å². The number of esters is 1. The Bertz CT molecular complexity index is 401. The van der Waals surface area contributed by atoms with Crippen molar-refractivity contribution in [1.29, 1.82) is 0 Å². The normalized spacial score (nSPS) is 11.7. The van der Waals surface area contributed by atoms with Gasteiger partial charge in [-0.05, 0) is 25.5 Å². The van der Waals surface area contributed by atoms with E-state index in [0.29, 0.717) is 5.56 Å². The molecule has 1 aromatic rings. The first-order valence-electron chi connectivity index (χ1n) is 5.43. The topological polar surface area (TPSA) is 68.3 Å². The molecule has 1 atom stereocenters. The van der Waals surface area contributed by atoms with Crippen molar-refractivity contribution < 1.29 is 14.3 Å². The monoisotopic (exact) mass is 236 g/mol. The van der Waals surface area contributed by atoms with Crippen LogP contribution in [0.3, 0.4) is 0 Å². The molecule has 0 aliphatic carbocycles. The van der Waals surface area contributed by atoms with Crippen molar-refractivity contribution in [1.82, 2.24) is 10.3 Å². The molecule has 0 aromatic carbocycles. The molecule has 0 saturated carbocycles. The molecule has 0 spiro atoms. The third-order valence-electron chi connectivity index (χ3n) is 2.41. The number of pyridine rings is 1. The Balaban J connectivity index is 2.74. The average molecular weight is 236 g/mol. The second kappa shape index (κ2) is 5.98. The number of methoxy groups -OCH3 is 1. The second-order valence-electron chi connectivity index (χ2n) is 3.71. The number of aromatic nitrogens is 1. The van der Waals surface area contributed by atoms with Crippen LogP contribution in [0.15, 0.2) is 18.3 Å². The van der Waals surface area contributed by atoms with Crippen LogP contribution in [-0.4, -0.2) is 30.0 Å². The Morgan fingerprint density at radius 1 is 1.47 bits per heavy atom. The van der Waals surface area contributed by atoms with Crippen molar-refractivity contribution in [2.45, 2.75) is 26.3 Å². The van der Waals surface area contributed by atoms with E-state index < -0.39 is 5.97 Å². The first-order valence-corrected chi connectivity index (χ1v) is 5.43. The highest BCUT2D eigenvalue weighted by Crippen LogP contribution is 2.02. The van der Waals surface area contributed by atoms with Crippen molar-refractivity contribution in [3.05, 3.63) is 29.6 Å². The second-order valence-corrected chi connectivity index (χ2v) is 3.71. The SMILES string of the molecule is CCC(C)NC(=O)c1ccc(C(=O)OC)cn1. The van der Waals surface area contributed by atoms with E-state index in [1.165, 1.54) is 25.4 Å². The Morgan fingerprint density at radius 2 is 2.18 bits per heavy atom. The summed E-state index contributed by atoms with van der Waals surface area (Å²) in [6.45, 7) is 3.90. The van der Waals surface area contributed by atoms with E-state index in [0.717, 1.165) is 6.42 Å². The highest BCUT2D eigenvalue weighted by atomic mass is 16.5. The van der Waals surface area contributed by atoms with Crippen LogP contribution in [-0.2, 0) is 4.74 Å². The molecule has 0 aliphatic heterocycles. The van der Waals surface area contributed by atoms with E-state index in [1.54, 1.807) is 0 Å². The van der Waals surface area contributed by atoms with Gasteiger partial charge in [0, 0.05) is 12.2 Å². The summed E-state index contributed by atoms with van der Waals surface area (Å²) < 4.78 is 4.54. The lowest BCUT2D eigenvalue weighted by Crippen LogP contribution is -2.32. The largest absolute Gasteiger partial charge is 0.465 e. The molecule has 0 radical (unpaired) electrons. The van der Waals surface area contributed by atoms with Crippen LogP contribution in [0.5, 0.6) is 0 Å². The lowest BCUT2D eigenvalue weighted by molar-refractivity contribution is 0.0599. The number of hydrogen-bond acceptors (Lipinski definition) is 4. The maximum atomic E-state index is 11.7. The molecule has 17 heavy (non-hydrogen) atoms. The first-order chi connectivity index (χ1) is 8.08. The number of rotatable bonds is 4. The first kappa shape index (κ1) is 13.2. The van der Waals surface area contributed by atoms with Crippen LogP contribution in [0.25, 0.3) is 0 Å². The van der Waals surface area contributed by atoms with E-state index in [1.807, 2.05) is 13.8 Å². The van der Waals surface area contributed by atoms with Crippen molar-refractivity contribution in [2.75, 3.05) is 7.11 Å². The van der Waals surface area contributed by atoms with Crippen molar-refractivity contribution in [3.8, 4) is 0 Å². The van der Waals surface area contributed by atoms with Gasteiger partial charge in [-0.15, -0.1) is 0 Å². The summed E-state index contributed by atoms with van der Waals surface area (Å²) in [7, 11) is 1.30. The van der Waals surface area contributed by atoms with Gasteiger partial charge in [0.05, 0.1) is 12.7 Å². The summed E-state index contributed by atoms with van der Waals surface area (Å²) in [5, 5.41) is 2.79. The quantitative estimate of drug-likeness (QED) is 0.802. The third kappa shape index (κ3) is 3.55.